The van der Waals surface area contributed by atoms with Crippen LogP contribution in [0.5, 0.6) is 11.5 Å². The summed E-state index contributed by atoms with van der Waals surface area (Å²) in [7, 11) is 1.60. The summed E-state index contributed by atoms with van der Waals surface area (Å²) in [4.78, 5) is 36.8. The molecule has 7 heteroatoms. The van der Waals surface area contributed by atoms with E-state index in [4.69, 9.17) is 4.74 Å². The average molecular weight is 432 g/mol. The lowest BCUT2D eigenvalue weighted by Crippen LogP contribution is -2.37. The molecular weight excluding hydrogens is 408 g/mol. The van der Waals surface area contributed by atoms with E-state index in [1.807, 2.05) is 31.2 Å². The number of ketones is 1. The molecule has 1 atom stereocenters. The second kappa shape index (κ2) is 10.3. The highest BCUT2D eigenvalue weighted by Crippen LogP contribution is 2.19. The van der Waals surface area contributed by atoms with Crippen molar-refractivity contribution in [3.8, 4) is 11.5 Å². The Kier molecular flexibility index (Phi) is 7.23. The zero-order valence-electron chi connectivity index (χ0n) is 17.8. The highest BCUT2D eigenvalue weighted by atomic mass is 16.5. The Labute approximate surface area is 186 Å². The number of amides is 2. The first-order valence-corrected chi connectivity index (χ1v) is 10.0. The number of phenols is 1. The van der Waals surface area contributed by atoms with Crippen LogP contribution in [0.2, 0.25) is 0 Å². The molecule has 0 heterocycles. The third-order valence-electron chi connectivity index (χ3n) is 4.99. The average Bonchev–Trinajstić information content (AvgIpc) is 2.82. The van der Waals surface area contributed by atoms with Crippen LogP contribution in [-0.2, 0) is 9.59 Å². The van der Waals surface area contributed by atoms with E-state index in [1.54, 1.807) is 31.4 Å². The normalized spacial score (nSPS) is 11.3. The number of anilines is 1. The Morgan fingerprint density at radius 2 is 1.41 bits per heavy atom. The zero-order chi connectivity index (χ0) is 23.1. The minimum absolute atomic E-state index is 0.0165. The maximum Gasteiger partial charge on any atom is 0.313 e. The molecule has 0 saturated heterocycles. The SMILES string of the molecule is COc1ccc(C(C)CNC(=O)C(=O)Nc2ccc(C(=O)c3ccc(O)cc3)cc2)cc1. The maximum absolute atomic E-state index is 12.5. The van der Waals surface area contributed by atoms with Gasteiger partial charge >= 0.3 is 11.8 Å². The summed E-state index contributed by atoms with van der Waals surface area (Å²) in [6, 6.07) is 19.7. The summed E-state index contributed by atoms with van der Waals surface area (Å²) in [6.45, 7) is 2.25. The van der Waals surface area contributed by atoms with Gasteiger partial charge in [-0.05, 0) is 72.1 Å². The summed E-state index contributed by atoms with van der Waals surface area (Å²) < 4.78 is 5.13. The third kappa shape index (κ3) is 5.72. The molecule has 32 heavy (non-hydrogen) atoms. The lowest BCUT2D eigenvalue weighted by atomic mass is 10.0. The number of rotatable bonds is 7. The van der Waals surface area contributed by atoms with Crippen molar-refractivity contribution < 1.29 is 24.2 Å². The Balaban J connectivity index is 1.52. The van der Waals surface area contributed by atoms with Gasteiger partial charge in [0, 0.05) is 23.4 Å². The Bertz CT molecular complexity index is 1090. The van der Waals surface area contributed by atoms with Crippen molar-refractivity contribution in [2.75, 3.05) is 19.0 Å². The lowest BCUT2D eigenvalue weighted by molar-refractivity contribution is -0.136. The molecule has 0 bridgehead atoms. The largest absolute Gasteiger partial charge is 0.508 e. The molecule has 7 nitrogen and oxygen atoms in total. The lowest BCUT2D eigenvalue weighted by Gasteiger charge is -2.13. The number of methoxy groups -OCH3 is 1. The van der Waals surface area contributed by atoms with Gasteiger partial charge in [-0.15, -0.1) is 0 Å². The Hall–Kier alpha value is -4.13. The Morgan fingerprint density at radius 3 is 1.97 bits per heavy atom. The smallest absolute Gasteiger partial charge is 0.313 e. The molecular formula is C25H24N2O5. The highest BCUT2D eigenvalue weighted by molar-refractivity contribution is 6.39. The summed E-state index contributed by atoms with van der Waals surface area (Å²) >= 11 is 0. The summed E-state index contributed by atoms with van der Waals surface area (Å²) in [6.07, 6.45) is 0. The standard InChI is InChI=1S/C25H24N2O5/c1-16(17-7-13-22(32-2)14-8-17)15-26-24(30)25(31)27-20-9-3-18(4-10-20)23(29)19-5-11-21(28)12-6-19/h3-14,16,28H,15H2,1-2H3,(H,26,30)(H,27,31). The monoisotopic (exact) mass is 432 g/mol. The van der Waals surface area contributed by atoms with Gasteiger partial charge in [0.25, 0.3) is 0 Å². The number of carbonyl (C=O) groups is 3. The van der Waals surface area contributed by atoms with Crippen molar-refractivity contribution in [1.29, 1.82) is 0 Å². The highest BCUT2D eigenvalue weighted by Gasteiger charge is 2.16. The predicted octanol–water partition coefficient (Wildman–Crippen LogP) is 3.49. The van der Waals surface area contributed by atoms with Gasteiger partial charge in [0.1, 0.15) is 11.5 Å². The van der Waals surface area contributed by atoms with Crippen LogP contribution in [0.1, 0.15) is 34.3 Å². The summed E-state index contributed by atoms with van der Waals surface area (Å²) in [5, 5.41) is 14.5. The van der Waals surface area contributed by atoms with Crippen molar-refractivity contribution in [2.24, 2.45) is 0 Å². The number of hydrogen-bond acceptors (Lipinski definition) is 5. The van der Waals surface area contributed by atoms with Crippen LogP contribution in [0, 0.1) is 0 Å². The van der Waals surface area contributed by atoms with E-state index in [0.29, 0.717) is 23.4 Å². The van der Waals surface area contributed by atoms with Gasteiger partial charge in [-0.1, -0.05) is 19.1 Å². The number of aromatic hydroxyl groups is 1. The molecule has 2 amide bonds. The number of ether oxygens (including phenoxy) is 1. The quantitative estimate of drug-likeness (QED) is 0.392. The summed E-state index contributed by atoms with van der Waals surface area (Å²) in [5.74, 6) is -0.897. The fourth-order valence-electron chi connectivity index (χ4n) is 3.05. The molecule has 1 unspecified atom stereocenters. The minimum atomic E-state index is -0.787. The molecule has 0 saturated carbocycles. The first kappa shape index (κ1) is 22.6. The first-order chi connectivity index (χ1) is 15.4. The first-order valence-electron chi connectivity index (χ1n) is 10.0. The van der Waals surface area contributed by atoms with Crippen LogP contribution >= 0.6 is 0 Å². The van der Waals surface area contributed by atoms with Gasteiger partial charge in [-0.3, -0.25) is 14.4 Å². The number of phenolic OH excluding ortho intramolecular Hbond substituents is 1. The third-order valence-corrected chi connectivity index (χ3v) is 4.99. The van der Waals surface area contributed by atoms with E-state index in [-0.39, 0.29) is 17.5 Å². The van der Waals surface area contributed by atoms with Crippen molar-refractivity contribution in [2.45, 2.75) is 12.8 Å². The van der Waals surface area contributed by atoms with Crippen LogP contribution in [0.4, 0.5) is 5.69 Å². The molecule has 0 radical (unpaired) electrons. The summed E-state index contributed by atoms with van der Waals surface area (Å²) in [5.41, 5.74) is 2.27. The van der Waals surface area contributed by atoms with Gasteiger partial charge in [0.05, 0.1) is 7.11 Å². The van der Waals surface area contributed by atoms with E-state index < -0.39 is 11.8 Å². The van der Waals surface area contributed by atoms with Crippen molar-refractivity contribution in [1.82, 2.24) is 5.32 Å². The molecule has 3 aromatic rings. The van der Waals surface area contributed by atoms with Gasteiger partial charge in [0.15, 0.2) is 5.78 Å². The second-order valence-corrected chi connectivity index (χ2v) is 7.29. The molecule has 3 aromatic carbocycles. The van der Waals surface area contributed by atoms with Crippen LogP contribution in [0.3, 0.4) is 0 Å². The fraction of sp³-hybridized carbons (Fsp3) is 0.160. The molecule has 0 aliphatic heterocycles. The van der Waals surface area contributed by atoms with E-state index in [1.165, 1.54) is 24.3 Å². The van der Waals surface area contributed by atoms with Crippen LogP contribution in [-0.4, -0.2) is 36.4 Å². The molecule has 0 fully saturated rings. The molecule has 0 aliphatic carbocycles. The van der Waals surface area contributed by atoms with Gasteiger partial charge in [-0.25, -0.2) is 0 Å². The maximum atomic E-state index is 12.5. The minimum Gasteiger partial charge on any atom is -0.508 e. The van der Waals surface area contributed by atoms with Gasteiger partial charge in [0.2, 0.25) is 0 Å². The molecule has 3 N–H and O–H groups in total. The van der Waals surface area contributed by atoms with E-state index in [2.05, 4.69) is 10.6 Å². The van der Waals surface area contributed by atoms with Crippen molar-refractivity contribution >= 4 is 23.3 Å². The zero-order valence-corrected chi connectivity index (χ0v) is 17.8. The molecule has 0 aliphatic rings. The number of nitrogens with one attached hydrogen (secondary N) is 2. The number of carbonyl (C=O) groups excluding carboxylic acids is 3. The molecule has 0 spiro atoms. The topological polar surface area (TPSA) is 105 Å². The predicted molar refractivity (Wildman–Crippen MR) is 121 cm³/mol. The van der Waals surface area contributed by atoms with Crippen LogP contribution in [0.25, 0.3) is 0 Å². The van der Waals surface area contributed by atoms with Crippen LogP contribution < -0.4 is 15.4 Å². The van der Waals surface area contributed by atoms with Crippen molar-refractivity contribution in [3.05, 3.63) is 89.5 Å². The molecule has 3 rings (SSSR count). The number of benzene rings is 3. The number of hydrogen-bond donors (Lipinski definition) is 3. The fourth-order valence-corrected chi connectivity index (χ4v) is 3.05. The van der Waals surface area contributed by atoms with E-state index in [9.17, 15) is 19.5 Å². The molecule has 0 aromatic heterocycles. The van der Waals surface area contributed by atoms with Crippen molar-refractivity contribution in [3.63, 3.8) is 0 Å². The van der Waals surface area contributed by atoms with Gasteiger partial charge < -0.3 is 20.5 Å². The second-order valence-electron chi connectivity index (χ2n) is 7.29. The van der Waals surface area contributed by atoms with E-state index in [0.717, 1.165) is 11.3 Å². The molecule has 164 valence electrons. The van der Waals surface area contributed by atoms with Crippen LogP contribution in [0.15, 0.2) is 72.8 Å². The Morgan fingerprint density at radius 1 is 0.844 bits per heavy atom. The van der Waals surface area contributed by atoms with E-state index >= 15 is 0 Å². The van der Waals surface area contributed by atoms with Gasteiger partial charge in [-0.2, -0.15) is 0 Å².